The lowest BCUT2D eigenvalue weighted by atomic mass is 9.98. The minimum atomic E-state index is -0.351. The van der Waals surface area contributed by atoms with Gasteiger partial charge in [0.05, 0.1) is 17.8 Å². The van der Waals surface area contributed by atoms with Crippen LogP contribution in [0.4, 0.5) is 14.9 Å². The Morgan fingerprint density at radius 3 is 3.11 bits per heavy atom. The lowest BCUT2D eigenvalue weighted by Crippen LogP contribution is -2.41. The van der Waals surface area contributed by atoms with Crippen LogP contribution in [0.5, 0.6) is 0 Å². The Morgan fingerprint density at radius 1 is 1.43 bits per heavy atom. The fraction of sp³-hybridized carbons (Fsp3) is 0.368. The van der Waals surface area contributed by atoms with E-state index in [0.717, 1.165) is 19.4 Å². The van der Waals surface area contributed by atoms with Crippen LogP contribution >= 0.6 is 0 Å². The zero-order chi connectivity index (χ0) is 19.5. The third-order valence-corrected chi connectivity index (χ3v) is 4.79. The minimum absolute atomic E-state index is 0.0484. The summed E-state index contributed by atoms with van der Waals surface area (Å²) in [6.07, 6.45) is 5.11. The number of carbonyl (C=O) groups excluding carboxylic acids is 1. The summed E-state index contributed by atoms with van der Waals surface area (Å²) in [6, 6.07) is 5.89. The van der Waals surface area contributed by atoms with E-state index in [1.54, 1.807) is 34.1 Å². The van der Waals surface area contributed by atoms with Gasteiger partial charge in [0, 0.05) is 31.4 Å². The highest BCUT2D eigenvalue weighted by molar-refractivity contribution is 5.89. The van der Waals surface area contributed by atoms with Crippen LogP contribution in [0, 0.1) is 5.82 Å². The number of anilines is 1. The number of amides is 2. The zero-order valence-corrected chi connectivity index (χ0v) is 15.5. The molecule has 0 bridgehead atoms. The van der Waals surface area contributed by atoms with Crippen molar-refractivity contribution < 1.29 is 13.7 Å². The number of hydrogen-bond donors (Lipinski definition) is 1. The summed E-state index contributed by atoms with van der Waals surface area (Å²) in [5.41, 5.74) is 1.23. The molecule has 0 radical (unpaired) electrons. The first-order valence-corrected chi connectivity index (χ1v) is 9.30. The van der Waals surface area contributed by atoms with Gasteiger partial charge in [0.15, 0.2) is 0 Å². The molecule has 8 nitrogen and oxygen atoms in total. The number of rotatable bonds is 4. The SMILES string of the molecule is CCn1cc(NC(=O)N2CCCC(c3nc(-c4cccc(F)c4)no3)C2)cn1. The molecular weight excluding hydrogens is 363 g/mol. The second kappa shape index (κ2) is 7.79. The first kappa shape index (κ1) is 18.1. The number of hydrogen-bond acceptors (Lipinski definition) is 5. The number of benzene rings is 1. The van der Waals surface area contributed by atoms with Crippen molar-refractivity contribution in [3.8, 4) is 11.4 Å². The molecule has 1 unspecified atom stereocenters. The monoisotopic (exact) mass is 384 g/mol. The summed E-state index contributed by atoms with van der Waals surface area (Å²) in [4.78, 5) is 18.7. The summed E-state index contributed by atoms with van der Waals surface area (Å²) in [7, 11) is 0. The molecule has 4 rings (SSSR count). The van der Waals surface area contributed by atoms with Gasteiger partial charge >= 0.3 is 6.03 Å². The van der Waals surface area contributed by atoms with Gasteiger partial charge in [0.25, 0.3) is 0 Å². The van der Waals surface area contributed by atoms with Crippen LogP contribution in [0.1, 0.15) is 31.6 Å². The van der Waals surface area contributed by atoms with Gasteiger partial charge in [0.2, 0.25) is 11.7 Å². The van der Waals surface area contributed by atoms with Crippen LogP contribution < -0.4 is 5.32 Å². The summed E-state index contributed by atoms with van der Waals surface area (Å²) in [5.74, 6) is 0.419. The number of urea groups is 1. The fourth-order valence-corrected chi connectivity index (χ4v) is 3.31. The van der Waals surface area contributed by atoms with E-state index in [1.165, 1.54) is 12.1 Å². The summed E-state index contributed by atoms with van der Waals surface area (Å²) in [5, 5.41) is 11.0. The van der Waals surface area contributed by atoms with Crippen molar-refractivity contribution in [1.82, 2.24) is 24.8 Å². The molecule has 1 aromatic carbocycles. The maximum atomic E-state index is 13.4. The Labute approximate surface area is 161 Å². The lowest BCUT2D eigenvalue weighted by Gasteiger charge is -2.30. The van der Waals surface area contributed by atoms with Gasteiger partial charge in [-0.2, -0.15) is 10.1 Å². The number of nitrogens with one attached hydrogen (secondary N) is 1. The molecule has 1 aliphatic rings. The molecule has 3 heterocycles. The van der Waals surface area contributed by atoms with Gasteiger partial charge in [-0.05, 0) is 31.9 Å². The number of piperidine rings is 1. The molecule has 3 aromatic rings. The molecule has 1 N–H and O–H groups in total. The van der Waals surface area contributed by atoms with Crippen LogP contribution in [0.3, 0.4) is 0 Å². The standard InChI is InChI=1S/C19H21FN6O2/c1-2-26-12-16(10-21-26)22-19(27)25-8-4-6-14(11-25)18-23-17(24-28-18)13-5-3-7-15(20)9-13/h3,5,7,9-10,12,14H,2,4,6,8,11H2,1H3,(H,22,27). The van der Waals surface area contributed by atoms with Crippen LogP contribution in [-0.4, -0.2) is 43.9 Å². The first-order valence-electron chi connectivity index (χ1n) is 9.30. The molecule has 1 aliphatic heterocycles. The van der Waals surface area contributed by atoms with Crippen molar-refractivity contribution >= 4 is 11.7 Å². The number of likely N-dealkylation sites (tertiary alicyclic amines) is 1. The van der Waals surface area contributed by atoms with Crippen molar-refractivity contribution in [3.05, 3.63) is 48.4 Å². The van der Waals surface area contributed by atoms with E-state index in [4.69, 9.17) is 4.52 Å². The highest BCUT2D eigenvalue weighted by Crippen LogP contribution is 2.28. The van der Waals surface area contributed by atoms with Crippen LogP contribution in [0.25, 0.3) is 11.4 Å². The van der Waals surface area contributed by atoms with Crippen molar-refractivity contribution in [2.75, 3.05) is 18.4 Å². The average molecular weight is 384 g/mol. The number of aryl methyl sites for hydroxylation is 1. The third-order valence-electron chi connectivity index (χ3n) is 4.79. The van der Waals surface area contributed by atoms with Crippen molar-refractivity contribution in [2.24, 2.45) is 0 Å². The van der Waals surface area contributed by atoms with E-state index < -0.39 is 0 Å². The highest BCUT2D eigenvalue weighted by atomic mass is 19.1. The maximum absolute atomic E-state index is 13.4. The molecule has 0 spiro atoms. The Balaban J connectivity index is 1.43. The zero-order valence-electron chi connectivity index (χ0n) is 15.5. The van der Waals surface area contributed by atoms with Crippen molar-refractivity contribution in [2.45, 2.75) is 32.2 Å². The van der Waals surface area contributed by atoms with E-state index in [2.05, 4.69) is 20.6 Å². The van der Waals surface area contributed by atoms with E-state index >= 15 is 0 Å². The quantitative estimate of drug-likeness (QED) is 0.744. The molecular formula is C19H21FN6O2. The second-order valence-electron chi connectivity index (χ2n) is 6.77. The Kier molecular flexibility index (Phi) is 5.05. The fourth-order valence-electron chi connectivity index (χ4n) is 3.31. The number of aromatic nitrogens is 4. The minimum Gasteiger partial charge on any atom is -0.339 e. The topological polar surface area (TPSA) is 89.1 Å². The van der Waals surface area contributed by atoms with Gasteiger partial charge in [0.1, 0.15) is 5.82 Å². The van der Waals surface area contributed by atoms with Gasteiger partial charge < -0.3 is 14.7 Å². The summed E-state index contributed by atoms with van der Waals surface area (Å²) >= 11 is 0. The lowest BCUT2D eigenvalue weighted by molar-refractivity contribution is 0.184. The predicted molar refractivity (Wildman–Crippen MR) is 100 cm³/mol. The van der Waals surface area contributed by atoms with E-state index in [-0.39, 0.29) is 17.8 Å². The molecule has 1 fully saturated rings. The van der Waals surface area contributed by atoms with Gasteiger partial charge in [-0.15, -0.1) is 0 Å². The van der Waals surface area contributed by atoms with Crippen molar-refractivity contribution in [3.63, 3.8) is 0 Å². The van der Waals surface area contributed by atoms with Crippen LogP contribution in [0.2, 0.25) is 0 Å². The van der Waals surface area contributed by atoms with Gasteiger partial charge in [-0.3, -0.25) is 4.68 Å². The molecule has 9 heteroatoms. The largest absolute Gasteiger partial charge is 0.339 e. The number of halogens is 1. The van der Waals surface area contributed by atoms with Gasteiger partial charge in [-0.25, -0.2) is 9.18 Å². The number of nitrogens with zero attached hydrogens (tertiary/aromatic N) is 5. The first-order chi connectivity index (χ1) is 13.6. The van der Waals surface area contributed by atoms with E-state index in [9.17, 15) is 9.18 Å². The Bertz CT molecular complexity index is 969. The molecule has 1 saturated heterocycles. The third kappa shape index (κ3) is 3.88. The molecule has 0 aliphatic carbocycles. The number of carbonyl (C=O) groups is 1. The summed E-state index contributed by atoms with van der Waals surface area (Å²) in [6.45, 7) is 3.87. The molecule has 28 heavy (non-hydrogen) atoms. The molecule has 146 valence electrons. The second-order valence-corrected chi connectivity index (χ2v) is 6.77. The van der Waals surface area contributed by atoms with Crippen molar-refractivity contribution in [1.29, 1.82) is 0 Å². The predicted octanol–water partition coefficient (Wildman–Crippen LogP) is 3.50. The van der Waals surface area contributed by atoms with E-state index in [0.29, 0.717) is 36.1 Å². The van der Waals surface area contributed by atoms with Crippen LogP contribution in [-0.2, 0) is 6.54 Å². The Hall–Kier alpha value is -3.23. The molecule has 2 aromatic heterocycles. The molecule has 1 atom stereocenters. The van der Waals surface area contributed by atoms with E-state index in [1.807, 2.05) is 6.92 Å². The normalized spacial score (nSPS) is 16.9. The molecule has 0 saturated carbocycles. The smallest absolute Gasteiger partial charge is 0.321 e. The van der Waals surface area contributed by atoms with Crippen LogP contribution in [0.15, 0.2) is 41.2 Å². The highest BCUT2D eigenvalue weighted by Gasteiger charge is 2.29. The summed E-state index contributed by atoms with van der Waals surface area (Å²) < 4.78 is 20.6. The maximum Gasteiger partial charge on any atom is 0.321 e. The Morgan fingerprint density at radius 2 is 2.32 bits per heavy atom. The molecule has 2 amide bonds. The van der Waals surface area contributed by atoms with Gasteiger partial charge in [-0.1, -0.05) is 17.3 Å². The average Bonchev–Trinajstić information content (AvgIpc) is 3.38.